The summed E-state index contributed by atoms with van der Waals surface area (Å²) < 4.78 is 5.13. The van der Waals surface area contributed by atoms with Crippen molar-refractivity contribution in [3.63, 3.8) is 0 Å². The number of phenolic OH excluding ortho intramolecular Hbond substituents is 1. The molecular weight excluding hydrogens is 356 g/mol. The normalized spacial score (nSPS) is 14.9. The first-order valence-corrected chi connectivity index (χ1v) is 9.00. The minimum Gasteiger partial charge on any atom is -0.504 e. The first kappa shape index (κ1) is 17.9. The van der Waals surface area contributed by atoms with E-state index in [-0.39, 0.29) is 17.4 Å². The van der Waals surface area contributed by atoms with Crippen molar-refractivity contribution in [2.75, 3.05) is 14.2 Å². The third kappa shape index (κ3) is 2.93. The predicted octanol–water partition coefficient (Wildman–Crippen LogP) is 3.45. The number of aryl methyl sites for hydroxylation is 1. The second kappa shape index (κ2) is 6.88. The van der Waals surface area contributed by atoms with Crippen LogP contribution in [0.25, 0.3) is 17.0 Å². The zero-order chi connectivity index (χ0) is 19.8. The summed E-state index contributed by atoms with van der Waals surface area (Å²) in [7, 11) is 3.08. The minimum atomic E-state index is -0.152. The molecule has 6 nitrogen and oxygen atoms in total. The number of Topliss-reactive ketones (excluding diaryl/α,β-unsaturated/α-hetero) is 1. The van der Waals surface area contributed by atoms with Gasteiger partial charge in [0, 0.05) is 29.1 Å². The average molecular weight is 376 g/mol. The van der Waals surface area contributed by atoms with Gasteiger partial charge in [-0.3, -0.25) is 9.59 Å². The van der Waals surface area contributed by atoms with Gasteiger partial charge in [0.05, 0.1) is 12.8 Å². The Labute approximate surface area is 161 Å². The Morgan fingerprint density at radius 1 is 1.21 bits per heavy atom. The highest BCUT2D eigenvalue weighted by Gasteiger charge is 2.26. The fraction of sp³-hybridized carbons (Fsp3) is 0.182. The largest absolute Gasteiger partial charge is 0.504 e. The van der Waals surface area contributed by atoms with E-state index in [1.807, 2.05) is 18.2 Å². The monoisotopic (exact) mass is 376 g/mol. The number of carbonyl (C=O) groups excluding carboxylic acids is 2. The van der Waals surface area contributed by atoms with Crippen LogP contribution in [-0.4, -0.2) is 35.9 Å². The molecule has 142 valence electrons. The van der Waals surface area contributed by atoms with E-state index < -0.39 is 0 Å². The summed E-state index contributed by atoms with van der Waals surface area (Å²) in [5.74, 6) is 0.224. The van der Waals surface area contributed by atoms with Gasteiger partial charge in [0.15, 0.2) is 11.5 Å². The average Bonchev–Trinajstić information content (AvgIpc) is 3.09. The Morgan fingerprint density at radius 3 is 2.79 bits per heavy atom. The Kier molecular flexibility index (Phi) is 4.39. The molecule has 0 unspecified atom stereocenters. The molecule has 0 saturated carbocycles. The number of H-pyrrole nitrogens is 1. The van der Waals surface area contributed by atoms with Gasteiger partial charge in [0.25, 0.3) is 5.91 Å². The fourth-order valence-electron chi connectivity index (χ4n) is 3.64. The lowest BCUT2D eigenvalue weighted by Crippen LogP contribution is -2.17. The Hall–Kier alpha value is -3.54. The number of rotatable bonds is 3. The molecule has 0 aliphatic heterocycles. The highest BCUT2D eigenvalue weighted by atomic mass is 16.5. The number of allylic oxidation sites excluding steroid dienone is 1. The van der Waals surface area contributed by atoms with E-state index in [2.05, 4.69) is 10.3 Å². The van der Waals surface area contributed by atoms with E-state index >= 15 is 0 Å². The second-order valence-corrected chi connectivity index (χ2v) is 6.75. The van der Waals surface area contributed by atoms with Crippen LogP contribution in [0.5, 0.6) is 11.5 Å². The zero-order valence-electron chi connectivity index (χ0n) is 15.6. The fourth-order valence-corrected chi connectivity index (χ4v) is 3.64. The first-order valence-electron chi connectivity index (χ1n) is 9.00. The minimum absolute atomic E-state index is 0.0500. The highest BCUT2D eigenvalue weighted by Crippen LogP contribution is 2.34. The molecule has 0 spiro atoms. The van der Waals surface area contributed by atoms with Crippen LogP contribution in [0.3, 0.4) is 0 Å². The molecule has 6 heteroatoms. The molecule has 0 radical (unpaired) electrons. The van der Waals surface area contributed by atoms with Crippen molar-refractivity contribution in [1.29, 1.82) is 0 Å². The summed E-state index contributed by atoms with van der Waals surface area (Å²) in [5.41, 5.74) is 4.43. The number of amides is 1. The van der Waals surface area contributed by atoms with Crippen LogP contribution >= 0.6 is 0 Å². The summed E-state index contributed by atoms with van der Waals surface area (Å²) in [6, 6.07) is 10.4. The quantitative estimate of drug-likeness (QED) is 0.611. The van der Waals surface area contributed by atoms with Crippen LogP contribution in [-0.2, 0) is 6.42 Å². The number of hydrogen-bond donors (Lipinski definition) is 3. The van der Waals surface area contributed by atoms with Crippen LogP contribution in [0.4, 0.5) is 0 Å². The van der Waals surface area contributed by atoms with Crippen LogP contribution in [0, 0.1) is 0 Å². The summed E-state index contributed by atoms with van der Waals surface area (Å²) in [6.45, 7) is 0. The van der Waals surface area contributed by atoms with E-state index in [0.717, 1.165) is 22.0 Å². The summed E-state index contributed by atoms with van der Waals surface area (Å²) in [4.78, 5) is 28.2. The van der Waals surface area contributed by atoms with Crippen molar-refractivity contribution in [3.05, 3.63) is 64.4 Å². The predicted molar refractivity (Wildman–Crippen MR) is 107 cm³/mol. The lowest BCUT2D eigenvalue weighted by atomic mass is 9.89. The third-order valence-corrected chi connectivity index (χ3v) is 5.10. The smallest absolute Gasteiger partial charge is 0.251 e. The molecule has 0 saturated heterocycles. The summed E-state index contributed by atoms with van der Waals surface area (Å²) in [5, 5.41) is 13.3. The van der Waals surface area contributed by atoms with Crippen LogP contribution < -0.4 is 10.1 Å². The molecular formula is C22H20N2O4. The molecule has 0 fully saturated rings. The molecule has 2 aromatic carbocycles. The molecule has 1 aliphatic rings. The molecule has 0 atom stereocenters. The van der Waals surface area contributed by atoms with Gasteiger partial charge in [-0.05, 0) is 60.4 Å². The number of aromatic hydroxyl groups is 1. The number of nitrogens with one attached hydrogen (secondary N) is 2. The molecule has 3 aromatic rings. The third-order valence-electron chi connectivity index (χ3n) is 5.10. The van der Waals surface area contributed by atoms with E-state index in [1.165, 1.54) is 7.11 Å². The van der Waals surface area contributed by atoms with E-state index in [4.69, 9.17) is 4.74 Å². The molecule has 3 N–H and O–H groups in total. The first-order chi connectivity index (χ1) is 13.5. The van der Waals surface area contributed by atoms with Gasteiger partial charge in [-0.25, -0.2) is 0 Å². The molecule has 4 rings (SSSR count). The Bertz CT molecular complexity index is 1140. The number of fused-ring (bicyclic) bond motifs is 3. The number of carbonyl (C=O) groups is 2. The van der Waals surface area contributed by atoms with Crippen molar-refractivity contribution in [2.45, 2.75) is 12.8 Å². The lowest BCUT2D eigenvalue weighted by molar-refractivity contribution is 0.0962. The van der Waals surface area contributed by atoms with Gasteiger partial charge in [0.1, 0.15) is 0 Å². The molecule has 1 heterocycles. The van der Waals surface area contributed by atoms with Crippen molar-refractivity contribution < 1.29 is 19.4 Å². The molecule has 1 aromatic heterocycles. The number of phenols is 1. The maximum atomic E-state index is 13.0. The molecule has 1 aliphatic carbocycles. The van der Waals surface area contributed by atoms with Crippen LogP contribution in [0.15, 0.2) is 42.0 Å². The van der Waals surface area contributed by atoms with Crippen molar-refractivity contribution >= 4 is 28.7 Å². The number of ether oxygens (including phenoxy) is 1. The topological polar surface area (TPSA) is 91.4 Å². The SMILES string of the molecule is CNC(=O)c1ccc2[nH]c3c(c2c1)CC/C(=C\c1ccc(O)c(OC)c1)C3=O. The van der Waals surface area contributed by atoms with Crippen LogP contribution in [0.2, 0.25) is 0 Å². The van der Waals surface area contributed by atoms with Crippen molar-refractivity contribution in [3.8, 4) is 11.5 Å². The Morgan fingerprint density at radius 2 is 2.04 bits per heavy atom. The number of aromatic nitrogens is 1. The number of hydrogen-bond acceptors (Lipinski definition) is 4. The maximum Gasteiger partial charge on any atom is 0.251 e. The van der Waals surface area contributed by atoms with Crippen LogP contribution in [0.1, 0.15) is 38.4 Å². The van der Waals surface area contributed by atoms with Gasteiger partial charge in [0.2, 0.25) is 5.78 Å². The van der Waals surface area contributed by atoms with Gasteiger partial charge in [-0.15, -0.1) is 0 Å². The number of methoxy groups -OCH3 is 1. The maximum absolute atomic E-state index is 13.0. The summed E-state index contributed by atoms with van der Waals surface area (Å²) in [6.07, 6.45) is 3.14. The number of ketones is 1. The molecule has 1 amide bonds. The lowest BCUT2D eigenvalue weighted by Gasteiger charge is -2.14. The van der Waals surface area contributed by atoms with Crippen molar-refractivity contribution in [2.24, 2.45) is 0 Å². The molecule has 28 heavy (non-hydrogen) atoms. The van der Waals surface area contributed by atoms with E-state index in [0.29, 0.717) is 35.4 Å². The van der Waals surface area contributed by atoms with Crippen molar-refractivity contribution in [1.82, 2.24) is 10.3 Å². The standard InChI is InChI=1S/C22H20N2O4/c1-23-22(27)14-5-7-17-16(11-14)15-6-4-13(21(26)20(15)24-17)9-12-3-8-18(25)19(10-12)28-2/h3,5,7-11,24-25H,4,6H2,1-2H3,(H,23,27)/b13-9+. The van der Waals surface area contributed by atoms with Gasteiger partial charge in [-0.2, -0.15) is 0 Å². The molecule has 0 bridgehead atoms. The summed E-state index contributed by atoms with van der Waals surface area (Å²) >= 11 is 0. The van der Waals surface area contributed by atoms with E-state index in [9.17, 15) is 14.7 Å². The second-order valence-electron chi connectivity index (χ2n) is 6.75. The zero-order valence-corrected chi connectivity index (χ0v) is 15.6. The van der Waals surface area contributed by atoms with Gasteiger partial charge >= 0.3 is 0 Å². The van der Waals surface area contributed by atoms with Gasteiger partial charge < -0.3 is 20.1 Å². The number of benzene rings is 2. The number of aromatic amines is 1. The van der Waals surface area contributed by atoms with E-state index in [1.54, 1.807) is 31.3 Å². The highest BCUT2D eigenvalue weighted by molar-refractivity contribution is 6.15. The van der Waals surface area contributed by atoms with Gasteiger partial charge in [-0.1, -0.05) is 6.07 Å². The Balaban J connectivity index is 1.73.